The number of ether oxygens (including phenoxy) is 1. The molecular weight excluding hydrogens is 284 g/mol. The zero-order valence-corrected chi connectivity index (χ0v) is 12.6. The maximum Gasteiger partial charge on any atom is 0.349 e. The number of hydrogen-bond acceptors (Lipinski definition) is 4. The molecule has 0 N–H and O–H groups in total. The second kappa shape index (κ2) is 5.82. The van der Waals surface area contributed by atoms with Gasteiger partial charge in [0.05, 0.1) is 0 Å². The van der Waals surface area contributed by atoms with Crippen LogP contribution in [0.5, 0.6) is 0 Å². The van der Waals surface area contributed by atoms with E-state index in [-0.39, 0.29) is 5.78 Å². The molecule has 108 valence electrons. The quantitative estimate of drug-likeness (QED) is 0.639. The number of carbonyl (C=O) groups is 2. The van der Waals surface area contributed by atoms with Crippen molar-refractivity contribution >= 4 is 23.1 Å². The number of Topliss-reactive ketones (excluding diaryl/α,β-unsaturated/α-hetero) is 1. The van der Waals surface area contributed by atoms with Crippen LogP contribution in [0.15, 0.2) is 36.4 Å². The zero-order chi connectivity index (χ0) is 14.8. The molecule has 1 aromatic carbocycles. The fraction of sp³-hybridized carbons (Fsp3) is 0.294. The van der Waals surface area contributed by atoms with E-state index >= 15 is 0 Å². The molecule has 1 heterocycles. The van der Waals surface area contributed by atoms with Gasteiger partial charge in [0.15, 0.2) is 6.10 Å². The summed E-state index contributed by atoms with van der Waals surface area (Å²) in [7, 11) is 0. The largest absolute Gasteiger partial charge is 0.450 e. The molecule has 0 aliphatic heterocycles. The van der Waals surface area contributed by atoms with Crippen molar-refractivity contribution in [1.29, 1.82) is 0 Å². The summed E-state index contributed by atoms with van der Waals surface area (Å²) in [5.74, 6) is -0.570. The summed E-state index contributed by atoms with van der Waals surface area (Å²) >= 11 is 1.49. The molecule has 0 fully saturated rings. The Hall–Kier alpha value is -1.94. The highest BCUT2D eigenvalue weighted by Crippen LogP contribution is 2.31. The van der Waals surface area contributed by atoms with E-state index in [0.717, 1.165) is 12.8 Å². The topological polar surface area (TPSA) is 43.4 Å². The molecule has 21 heavy (non-hydrogen) atoms. The van der Waals surface area contributed by atoms with Crippen LogP contribution in [-0.4, -0.2) is 17.9 Å². The highest BCUT2D eigenvalue weighted by molar-refractivity contribution is 7.14. The molecule has 1 aliphatic rings. The first-order chi connectivity index (χ1) is 10.1. The third-order valence-electron chi connectivity index (χ3n) is 3.66. The smallest absolute Gasteiger partial charge is 0.349 e. The van der Waals surface area contributed by atoms with Crippen molar-refractivity contribution in [1.82, 2.24) is 0 Å². The summed E-state index contributed by atoms with van der Waals surface area (Å²) < 4.78 is 5.31. The van der Waals surface area contributed by atoms with Gasteiger partial charge in [-0.2, -0.15) is 0 Å². The molecule has 1 aliphatic carbocycles. The van der Waals surface area contributed by atoms with Crippen LogP contribution in [0.2, 0.25) is 0 Å². The predicted molar refractivity (Wildman–Crippen MR) is 82.0 cm³/mol. The standard InChI is InChI=1S/C17H16O3S/c1-11(16(18)12-6-3-2-4-7-12)20-17(19)15-10-13-8-5-9-14(13)21-15/h2-4,6-7,10-11H,5,8-9H2,1H3/t11-/m0/s1. The monoisotopic (exact) mass is 300 g/mol. The van der Waals surface area contributed by atoms with Crippen molar-refractivity contribution in [2.45, 2.75) is 32.3 Å². The highest BCUT2D eigenvalue weighted by Gasteiger charge is 2.23. The van der Waals surface area contributed by atoms with Crippen LogP contribution in [0.1, 0.15) is 43.8 Å². The molecule has 0 amide bonds. The van der Waals surface area contributed by atoms with Gasteiger partial charge in [-0.25, -0.2) is 4.79 Å². The Morgan fingerprint density at radius 2 is 1.95 bits per heavy atom. The van der Waals surface area contributed by atoms with Crippen molar-refractivity contribution in [3.05, 3.63) is 57.3 Å². The fourth-order valence-corrected chi connectivity index (χ4v) is 3.68. The van der Waals surface area contributed by atoms with Crippen molar-refractivity contribution in [3.63, 3.8) is 0 Å². The molecule has 0 unspecified atom stereocenters. The summed E-state index contributed by atoms with van der Waals surface area (Å²) in [5.41, 5.74) is 1.82. The molecular formula is C17H16O3S. The molecule has 3 rings (SSSR count). The van der Waals surface area contributed by atoms with Crippen molar-refractivity contribution < 1.29 is 14.3 Å². The first-order valence-electron chi connectivity index (χ1n) is 7.07. The molecule has 0 saturated heterocycles. The number of ketones is 1. The van der Waals surface area contributed by atoms with Gasteiger partial charge in [-0.15, -0.1) is 11.3 Å². The second-order valence-electron chi connectivity index (χ2n) is 5.19. The maximum atomic E-state index is 12.2. The number of hydrogen-bond donors (Lipinski definition) is 0. The lowest BCUT2D eigenvalue weighted by atomic mass is 10.1. The lowest BCUT2D eigenvalue weighted by molar-refractivity contribution is 0.0323. The Bertz CT molecular complexity index is 651. The first kappa shape index (κ1) is 14.0. The lowest BCUT2D eigenvalue weighted by Crippen LogP contribution is -2.24. The number of rotatable bonds is 4. The molecule has 4 heteroatoms. The van der Waals surface area contributed by atoms with Crippen LogP contribution >= 0.6 is 11.3 Å². The molecule has 1 atom stereocenters. The Morgan fingerprint density at radius 3 is 2.67 bits per heavy atom. The number of thiophene rings is 1. The molecule has 2 aromatic rings. The van der Waals surface area contributed by atoms with Crippen molar-refractivity contribution in [2.24, 2.45) is 0 Å². The molecule has 0 bridgehead atoms. The van der Waals surface area contributed by atoms with E-state index in [4.69, 9.17) is 4.74 Å². The minimum atomic E-state index is -0.767. The van der Waals surface area contributed by atoms with Crippen LogP contribution < -0.4 is 0 Å². The van der Waals surface area contributed by atoms with Crippen LogP contribution in [0.25, 0.3) is 0 Å². The van der Waals surface area contributed by atoms with Gasteiger partial charge < -0.3 is 4.74 Å². The fourth-order valence-electron chi connectivity index (χ4n) is 2.54. The third-order valence-corrected chi connectivity index (χ3v) is 4.88. The molecule has 3 nitrogen and oxygen atoms in total. The maximum absolute atomic E-state index is 12.2. The minimum absolute atomic E-state index is 0.173. The van der Waals surface area contributed by atoms with E-state index < -0.39 is 12.1 Å². The average Bonchev–Trinajstić information content (AvgIpc) is 3.08. The van der Waals surface area contributed by atoms with E-state index in [9.17, 15) is 9.59 Å². The van der Waals surface area contributed by atoms with E-state index in [1.807, 2.05) is 12.1 Å². The number of fused-ring (bicyclic) bond motifs is 1. The Morgan fingerprint density at radius 1 is 1.19 bits per heavy atom. The molecule has 0 saturated carbocycles. The van der Waals surface area contributed by atoms with Gasteiger partial charge in [0, 0.05) is 10.4 Å². The van der Waals surface area contributed by atoms with Crippen LogP contribution in [0, 0.1) is 0 Å². The van der Waals surface area contributed by atoms with E-state index in [2.05, 4.69) is 0 Å². The van der Waals surface area contributed by atoms with Crippen molar-refractivity contribution in [2.75, 3.05) is 0 Å². The summed E-state index contributed by atoms with van der Waals surface area (Å²) in [6.07, 6.45) is 2.49. The van der Waals surface area contributed by atoms with Crippen LogP contribution in [-0.2, 0) is 17.6 Å². The first-order valence-corrected chi connectivity index (χ1v) is 7.88. The SMILES string of the molecule is C[C@H](OC(=O)c1cc2c(s1)CCC2)C(=O)c1ccccc1. The van der Waals surface area contributed by atoms with Gasteiger partial charge >= 0.3 is 5.97 Å². The lowest BCUT2D eigenvalue weighted by Gasteiger charge is -2.11. The molecule has 1 aromatic heterocycles. The number of aryl methyl sites for hydroxylation is 2. The van der Waals surface area contributed by atoms with E-state index in [0.29, 0.717) is 10.4 Å². The average molecular weight is 300 g/mol. The number of esters is 1. The van der Waals surface area contributed by atoms with Gasteiger partial charge in [0.1, 0.15) is 4.88 Å². The van der Waals surface area contributed by atoms with E-state index in [1.54, 1.807) is 31.2 Å². The molecule has 0 spiro atoms. The minimum Gasteiger partial charge on any atom is -0.450 e. The summed E-state index contributed by atoms with van der Waals surface area (Å²) in [5, 5.41) is 0. The van der Waals surface area contributed by atoms with Gasteiger partial charge in [-0.3, -0.25) is 4.79 Å². The third kappa shape index (κ3) is 2.90. The predicted octanol–water partition coefficient (Wildman–Crippen LogP) is 3.67. The van der Waals surface area contributed by atoms with Crippen molar-refractivity contribution in [3.8, 4) is 0 Å². The normalized spacial score (nSPS) is 14.5. The van der Waals surface area contributed by atoms with Gasteiger partial charge in [-0.1, -0.05) is 30.3 Å². The van der Waals surface area contributed by atoms with Gasteiger partial charge in [0.2, 0.25) is 5.78 Å². The van der Waals surface area contributed by atoms with E-state index in [1.165, 1.54) is 28.2 Å². The number of benzene rings is 1. The van der Waals surface area contributed by atoms with Gasteiger partial charge in [-0.05, 0) is 37.8 Å². The summed E-state index contributed by atoms with van der Waals surface area (Å²) in [6, 6.07) is 10.8. The number of carbonyl (C=O) groups excluding carboxylic acids is 2. The van der Waals surface area contributed by atoms with Crippen LogP contribution in [0.4, 0.5) is 0 Å². The zero-order valence-electron chi connectivity index (χ0n) is 11.8. The Balaban J connectivity index is 1.68. The Labute approximate surface area is 127 Å². The second-order valence-corrected chi connectivity index (χ2v) is 6.33. The summed E-state index contributed by atoms with van der Waals surface area (Å²) in [4.78, 5) is 26.2. The Kier molecular flexibility index (Phi) is 3.88. The van der Waals surface area contributed by atoms with Gasteiger partial charge in [0.25, 0.3) is 0 Å². The molecule has 0 radical (unpaired) electrons. The summed E-state index contributed by atoms with van der Waals surface area (Å²) in [6.45, 7) is 1.62. The van der Waals surface area contributed by atoms with Crippen LogP contribution in [0.3, 0.4) is 0 Å². The highest BCUT2D eigenvalue weighted by atomic mass is 32.1.